The van der Waals surface area contributed by atoms with Crippen molar-refractivity contribution in [2.75, 3.05) is 4.90 Å². The predicted octanol–water partition coefficient (Wildman–Crippen LogP) is 3.49. The molecule has 4 rings (SSSR count). The number of urea groups is 1. The maximum atomic E-state index is 13.1. The molecule has 1 saturated heterocycles. The second-order valence-electron chi connectivity index (χ2n) is 7.93. The first-order chi connectivity index (χ1) is 16.3. The highest BCUT2D eigenvalue weighted by Crippen LogP contribution is 2.27. The van der Waals surface area contributed by atoms with Crippen molar-refractivity contribution in [3.63, 3.8) is 0 Å². The first kappa shape index (κ1) is 22.7. The zero-order valence-electron chi connectivity index (χ0n) is 18.5. The fraction of sp³-hybridized carbons (Fsp3) is 0.154. The van der Waals surface area contributed by atoms with E-state index in [1.54, 1.807) is 36.4 Å². The van der Waals surface area contributed by atoms with E-state index < -0.39 is 23.8 Å². The number of hydrogen-bond acceptors (Lipinski definition) is 6. The normalized spacial score (nSPS) is 16.0. The lowest BCUT2D eigenvalue weighted by atomic mass is 9.98. The molecule has 0 aliphatic carbocycles. The average molecular weight is 457 g/mol. The SMILES string of the molecule is CC[C@H](C)c1ccc(N2C(=O)NC(=O)/C(=C/c3ccc(-c4ccc(C(=O)[O-])cc4)o3)C2=O)cc1. The molecule has 34 heavy (non-hydrogen) atoms. The van der Waals surface area contributed by atoms with Gasteiger partial charge in [0.2, 0.25) is 0 Å². The summed E-state index contributed by atoms with van der Waals surface area (Å²) in [5.74, 6) is -1.90. The van der Waals surface area contributed by atoms with Gasteiger partial charge in [0.25, 0.3) is 11.8 Å². The van der Waals surface area contributed by atoms with Crippen LogP contribution < -0.4 is 15.3 Å². The number of imide groups is 2. The van der Waals surface area contributed by atoms with Gasteiger partial charge in [0.1, 0.15) is 17.1 Å². The van der Waals surface area contributed by atoms with Gasteiger partial charge in [-0.2, -0.15) is 0 Å². The summed E-state index contributed by atoms with van der Waals surface area (Å²) in [6, 6.07) is 15.3. The van der Waals surface area contributed by atoms with Crippen LogP contribution in [0.5, 0.6) is 0 Å². The van der Waals surface area contributed by atoms with E-state index in [0.717, 1.165) is 16.9 Å². The number of nitrogens with zero attached hydrogens (tertiary/aromatic N) is 1. The zero-order chi connectivity index (χ0) is 24.4. The molecule has 4 amide bonds. The van der Waals surface area contributed by atoms with Gasteiger partial charge in [-0.1, -0.05) is 50.2 Å². The average Bonchev–Trinajstić information content (AvgIpc) is 3.30. The van der Waals surface area contributed by atoms with Crippen LogP contribution in [0, 0.1) is 0 Å². The van der Waals surface area contributed by atoms with E-state index in [4.69, 9.17) is 4.42 Å². The number of benzene rings is 2. The molecule has 1 aliphatic rings. The molecule has 3 aromatic rings. The van der Waals surface area contributed by atoms with E-state index in [9.17, 15) is 24.3 Å². The Morgan fingerprint density at radius 2 is 1.71 bits per heavy atom. The Balaban J connectivity index is 1.60. The summed E-state index contributed by atoms with van der Waals surface area (Å²) in [4.78, 5) is 49.7. The lowest BCUT2D eigenvalue weighted by Crippen LogP contribution is -2.54. The minimum absolute atomic E-state index is 0.0315. The summed E-state index contributed by atoms with van der Waals surface area (Å²) in [5.41, 5.74) is 1.81. The summed E-state index contributed by atoms with van der Waals surface area (Å²) < 4.78 is 5.72. The third-order valence-corrected chi connectivity index (χ3v) is 5.75. The molecule has 1 fully saturated rings. The Morgan fingerprint density at radius 3 is 2.32 bits per heavy atom. The van der Waals surface area contributed by atoms with Gasteiger partial charge in [0.05, 0.1) is 11.7 Å². The minimum Gasteiger partial charge on any atom is -0.545 e. The van der Waals surface area contributed by atoms with Gasteiger partial charge < -0.3 is 14.3 Å². The summed E-state index contributed by atoms with van der Waals surface area (Å²) in [7, 11) is 0. The van der Waals surface area contributed by atoms with E-state index in [1.165, 1.54) is 18.2 Å². The molecule has 1 aliphatic heterocycles. The van der Waals surface area contributed by atoms with Crippen molar-refractivity contribution in [3.8, 4) is 11.3 Å². The molecule has 172 valence electrons. The van der Waals surface area contributed by atoms with Gasteiger partial charge in [-0.25, -0.2) is 9.69 Å². The number of anilines is 1. The lowest BCUT2D eigenvalue weighted by molar-refractivity contribution is -0.255. The third-order valence-electron chi connectivity index (χ3n) is 5.75. The summed E-state index contributed by atoms with van der Waals surface area (Å²) in [6.45, 7) is 4.16. The molecule has 0 saturated carbocycles. The van der Waals surface area contributed by atoms with Gasteiger partial charge in [0, 0.05) is 5.56 Å². The maximum absolute atomic E-state index is 13.1. The Bertz CT molecular complexity index is 1300. The van der Waals surface area contributed by atoms with Crippen molar-refractivity contribution < 1.29 is 28.7 Å². The van der Waals surface area contributed by atoms with Crippen LogP contribution in [0.2, 0.25) is 0 Å². The number of carbonyl (C=O) groups is 4. The standard InChI is InChI=1S/C26H22N2O6/c1-3-15(2)16-8-10-19(11-9-16)28-24(30)21(23(29)27-26(28)33)14-20-12-13-22(34-20)17-4-6-18(7-5-17)25(31)32/h4-15H,3H2,1-2H3,(H,31,32)(H,27,29,33)/p-1/b21-14-/t15-/m0/s1. The highest BCUT2D eigenvalue weighted by molar-refractivity contribution is 6.39. The Labute approximate surface area is 195 Å². The molecule has 0 bridgehead atoms. The largest absolute Gasteiger partial charge is 0.545 e. The topological polar surface area (TPSA) is 120 Å². The summed E-state index contributed by atoms with van der Waals surface area (Å²) in [5, 5.41) is 13.1. The fourth-order valence-corrected chi connectivity index (χ4v) is 3.58. The molecule has 8 nitrogen and oxygen atoms in total. The van der Waals surface area contributed by atoms with E-state index in [2.05, 4.69) is 19.2 Å². The fourth-order valence-electron chi connectivity index (χ4n) is 3.58. The number of rotatable bonds is 6. The molecule has 0 spiro atoms. The molecule has 1 atom stereocenters. The number of amides is 4. The van der Waals surface area contributed by atoms with Crippen molar-refractivity contribution in [2.24, 2.45) is 0 Å². The second kappa shape index (κ2) is 9.19. The van der Waals surface area contributed by atoms with Gasteiger partial charge in [-0.05, 0) is 53.8 Å². The van der Waals surface area contributed by atoms with E-state index in [1.807, 2.05) is 12.1 Å². The first-order valence-electron chi connectivity index (χ1n) is 10.7. The monoisotopic (exact) mass is 457 g/mol. The predicted molar refractivity (Wildman–Crippen MR) is 123 cm³/mol. The molecule has 0 unspecified atom stereocenters. The summed E-state index contributed by atoms with van der Waals surface area (Å²) >= 11 is 0. The number of carbonyl (C=O) groups excluding carboxylic acids is 4. The first-order valence-corrected chi connectivity index (χ1v) is 10.7. The van der Waals surface area contributed by atoms with Gasteiger partial charge in [-0.15, -0.1) is 0 Å². The molecule has 8 heteroatoms. The van der Waals surface area contributed by atoms with Crippen LogP contribution in [0.3, 0.4) is 0 Å². The molecule has 1 N–H and O–H groups in total. The van der Waals surface area contributed by atoms with Crippen LogP contribution in [-0.4, -0.2) is 23.8 Å². The van der Waals surface area contributed by atoms with Crippen LogP contribution in [0.25, 0.3) is 17.4 Å². The third kappa shape index (κ3) is 4.38. The Hall–Kier alpha value is -4.46. The van der Waals surface area contributed by atoms with Gasteiger partial charge >= 0.3 is 6.03 Å². The molecular formula is C26H21N2O6-. The molecule has 2 heterocycles. The van der Waals surface area contributed by atoms with E-state index >= 15 is 0 Å². The number of carboxylic acids is 1. The highest BCUT2D eigenvalue weighted by Gasteiger charge is 2.37. The summed E-state index contributed by atoms with van der Waals surface area (Å²) in [6.07, 6.45) is 2.22. The number of furan rings is 1. The van der Waals surface area contributed by atoms with Crippen LogP contribution in [-0.2, 0) is 9.59 Å². The maximum Gasteiger partial charge on any atom is 0.335 e. The lowest BCUT2D eigenvalue weighted by Gasteiger charge is -2.26. The Morgan fingerprint density at radius 1 is 1.03 bits per heavy atom. The van der Waals surface area contributed by atoms with Crippen molar-refractivity contribution in [1.29, 1.82) is 0 Å². The number of barbiturate groups is 1. The van der Waals surface area contributed by atoms with Crippen LogP contribution in [0.1, 0.15) is 47.9 Å². The molecule has 2 aromatic carbocycles. The molecule has 0 radical (unpaired) electrons. The van der Waals surface area contributed by atoms with Crippen molar-refractivity contribution in [3.05, 3.63) is 83.1 Å². The van der Waals surface area contributed by atoms with Gasteiger partial charge in [-0.3, -0.25) is 14.9 Å². The Kier molecular flexibility index (Phi) is 6.14. The smallest absolute Gasteiger partial charge is 0.335 e. The number of nitrogens with one attached hydrogen (secondary N) is 1. The number of hydrogen-bond donors (Lipinski definition) is 1. The number of aromatic carboxylic acids is 1. The zero-order valence-corrected chi connectivity index (χ0v) is 18.5. The highest BCUT2D eigenvalue weighted by atomic mass is 16.4. The van der Waals surface area contributed by atoms with E-state index in [-0.39, 0.29) is 16.9 Å². The van der Waals surface area contributed by atoms with Gasteiger partial charge in [0.15, 0.2) is 0 Å². The van der Waals surface area contributed by atoms with Crippen LogP contribution >= 0.6 is 0 Å². The quantitative estimate of drug-likeness (QED) is 0.447. The van der Waals surface area contributed by atoms with Crippen LogP contribution in [0.4, 0.5) is 10.5 Å². The molecular weight excluding hydrogens is 436 g/mol. The second-order valence-corrected chi connectivity index (χ2v) is 7.93. The van der Waals surface area contributed by atoms with Crippen molar-refractivity contribution >= 4 is 35.6 Å². The van der Waals surface area contributed by atoms with Crippen molar-refractivity contribution in [2.45, 2.75) is 26.2 Å². The van der Waals surface area contributed by atoms with E-state index in [0.29, 0.717) is 22.9 Å². The minimum atomic E-state index is -1.29. The molecule has 1 aromatic heterocycles. The van der Waals surface area contributed by atoms with Crippen molar-refractivity contribution in [1.82, 2.24) is 5.32 Å². The van der Waals surface area contributed by atoms with Crippen LogP contribution in [0.15, 0.2) is 70.7 Å². The number of carboxylic acid groups (broad SMARTS) is 1.